The minimum absolute atomic E-state index is 0.0210. The van der Waals surface area contributed by atoms with Crippen LogP contribution in [0.2, 0.25) is 5.02 Å². The average molecular weight is 469 g/mol. The van der Waals surface area contributed by atoms with Crippen molar-refractivity contribution >= 4 is 38.9 Å². The first kappa shape index (κ1) is 22.6. The van der Waals surface area contributed by atoms with E-state index in [1.165, 1.54) is 36.4 Å². The lowest BCUT2D eigenvalue weighted by molar-refractivity contribution is -0.137. The number of carbonyl (C=O) groups is 1. The lowest BCUT2D eigenvalue weighted by Gasteiger charge is -2.24. The number of carbonyl (C=O) groups excluding carboxylic acids is 1. The Balaban J connectivity index is 1.86. The molecule has 0 spiro atoms. The van der Waals surface area contributed by atoms with Crippen LogP contribution in [-0.2, 0) is 21.0 Å². The summed E-state index contributed by atoms with van der Waals surface area (Å²) in [6.07, 6.45) is -4.50. The molecular formula is C21H16ClF3N2O3S. The number of nitrogens with zero attached hydrogens (tertiary/aromatic N) is 1. The van der Waals surface area contributed by atoms with Gasteiger partial charge in [-0.25, -0.2) is 8.42 Å². The second kappa shape index (κ2) is 8.99. The molecule has 0 aliphatic heterocycles. The van der Waals surface area contributed by atoms with Gasteiger partial charge in [0.1, 0.15) is 6.54 Å². The molecule has 0 aliphatic carbocycles. The summed E-state index contributed by atoms with van der Waals surface area (Å²) in [4.78, 5) is 12.5. The fraction of sp³-hybridized carbons (Fsp3) is 0.0952. The minimum Gasteiger partial charge on any atom is -0.325 e. The number of amides is 1. The second-order valence-electron chi connectivity index (χ2n) is 6.42. The number of hydrogen-bond donors (Lipinski definition) is 1. The Hall–Kier alpha value is -3.04. The van der Waals surface area contributed by atoms with E-state index in [2.05, 4.69) is 5.32 Å². The summed E-state index contributed by atoms with van der Waals surface area (Å²) in [5.74, 6) is -0.728. The van der Waals surface area contributed by atoms with Crippen molar-refractivity contribution < 1.29 is 26.4 Å². The minimum atomic E-state index is -4.50. The number of alkyl halides is 3. The zero-order chi connectivity index (χ0) is 22.6. The molecule has 10 heteroatoms. The van der Waals surface area contributed by atoms with Gasteiger partial charge < -0.3 is 5.32 Å². The Morgan fingerprint density at radius 1 is 0.903 bits per heavy atom. The number of anilines is 2. The third-order valence-corrected chi connectivity index (χ3v) is 6.27. The van der Waals surface area contributed by atoms with Crippen LogP contribution in [0.25, 0.3) is 0 Å². The monoisotopic (exact) mass is 468 g/mol. The maximum Gasteiger partial charge on any atom is 0.416 e. The number of halogens is 4. The normalized spacial score (nSPS) is 11.7. The number of sulfonamides is 1. The van der Waals surface area contributed by atoms with Gasteiger partial charge >= 0.3 is 6.18 Å². The molecule has 0 radical (unpaired) electrons. The van der Waals surface area contributed by atoms with Crippen LogP contribution in [0.5, 0.6) is 0 Å². The molecule has 3 aromatic carbocycles. The van der Waals surface area contributed by atoms with Gasteiger partial charge in [0.25, 0.3) is 10.0 Å². The number of rotatable bonds is 6. The first-order chi connectivity index (χ1) is 14.6. The fourth-order valence-electron chi connectivity index (χ4n) is 2.72. The van der Waals surface area contributed by atoms with Gasteiger partial charge in [0, 0.05) is 10.7 Å². The summed E-state index contributed by atoms with van der Waals surface area (Å²) in [5.41, 5.74) is -0.554. The van der Waals surface area contributed by atoms with E-state index in [4.69, 9.17) is 11.6 Å². The van der Waals surface area contributed by atoms with E-state index in [1.807, 2.05) is 0 Å². The summed E-state index contributed by atoms with van der Waals surface area (Å²) in [5, 5.41) is 2.80. The van der Waals surface area contributed by atoms with E-state index in [-0.39, 0.29) is 16.3 Å². The quantitative estimate of drug-likeness (QED) is 0.541. The van der Waals surface area contributed by atoms with Crippen LogP contribution in [0.3, 0.4) is 0 Å². The molecule has 0 aliphatic rings. The molecule has 0 bridgehead atoms. The van der Waals surface area contributed by atoms with Gasteiger partial charge in [-0.1, -0.05) is 29.8 Å². The number of nitrogens with one attached hydrogen (secondary N) is 1. The van der Waals surface area contributed by atoms with Gasteiger partial charge in [-0.2, -0.15) is 13.2 Å². The molecule has 0 atom stereocenters. The summed E-state index contributed by atoms with van der Waals surface area (Å²) >= 11 is 5.88. The molecule has 0 aromatic heterocycles. The Bertz CT molecular complexity index is 1150. The van der Waals surface area contributed by atoms with Crippen LogP contribution in [0, 0.1) is 0 Å². The smallest absolute Gasteiger partial charge is 0.325 e. The van der Waals surface area contributed by atoms with Crippen molar-refractivity contribution in [2.45, 2.75) is 11.1 Å². The Labute approximate surface area is 182 Å². The van der Waals surface area contributed by atoms with Crippen molar-refractivity contribution in [2.24, 2.45) is 0 Å². The molecule has 3 aromatic rings. The van der Waals surface area contributed by atoms with E-state index < -0.39 is 34.2 Å². The summed E-state index contributed by atoms with van der Waals surface area (Å²) in [6, 6.07) is 17.3. The lowest BCUT2D eigenvalue weighted by atomic mass is 10.2. The molecule has 1 amide bonds. The Kier molecular flexibility index (Phi) is 6.56. The summed E-state index contributed by atoms with van der Waals surface area (Å²) in [6.45, 7) is -0.597. The van der Waals surface area contributed by atoms with E-state index in [0.717, 1.165) is 28.6 Å². The zero-order valence-electron chi connectivity index (χ0n) is 15.8. The van der Waals surface area contributed by atoms with Crippen molar-refractivity contribution in [3.05, 3.63) is 89.4 Å². The van der Waals surface area contributed by atoms with Crippen LogP contribution in [-0.4, -0.2) is 20.9 Å². The molecule has 0 fully saturated rings. The van der Waals surface area contributed by atoms with Gasteiger partial charge in [-0.05, 0) is 60.7 Å². The van der Waals surface area contributed by atoms with Crippen LogP contribution in [0.15, 0.2) is 83.8 Å². The standard InChI is InChI=1S/C21H16ClF3N2O3S/c22-16-8-12-18(13-9-16)27(31(29,30)19-4-2-1-3-5-19)14-20(28)26-17-10-6-15(7-11-17)21(23,24)25/h1-13H,14H2,(H,26,28). The van der Waals surface area contributed by atoms with E-state index >= 15 is 0 Å². The fourth-order valence-corrected chi connectivity index (χ4v) is 4.28. The van der Waals surface area contributed by atoms with Crippen molar-refractivity contribution in [1.29, 1.82) is 0 Å². The largest absolute Gasteiger partial charge is 0.416 e. The average Bonchev–Trinajstić information content (AvgIpc) is 2.73. The molecule has 31 heavy (non-hydrogen) atoms. The van der Waals surface area contributed by atoms with Gasteiger partial charge in [0.15, 0.2) is 0 Å². The van der Waals surface area contributed by atoms with E-state index in [1.54, 1.807) is 18.2 Å². The van der Waals surface area contributed by atoms with Crippen molar-refractivity contribution in [3.8, 4) is 0 Å². The van der Waals surface area contributed by atoms with Crippen LogP contribution in [0.1, 0.15) is 5.56 Å². The molecule has 3 rings (SSSR count). The van der Waals surface area contributed by atoms with Crippen LogP contribution < -0.4 is 9.62 Å². The molecule has 0 unspecified atom stereocenters. The predicted molar refractivity (Wildman–Crippen MR) is 112 cm³/mol. The Morgan fingerprint density at radius 2 is 1.48 bits per heavy atom. The number of benzene rings is 3. The van der Waals surface area contributed by atoms with Gasteiger partial charge in [-0.3, -0.25) is 9.10 Å². The molecule has 0 heterocycles. The molecule has 1 N–H and O–H groups in total. The zero-order valence-corrected chi connectivity index (χ0v) is 17.4. The van der Waals surface area contributed by atoms with Crippen molar-refractivity contribution in [1.82, 2.24) is 0 Å². The third-order valence-electron chi connectivity index (χ3n) is 4.23. The topological polar surface area (TPSA) is 66.5 Å². The highest BCUT2D eigenvalue weighted by Gasteiger charge is 2.30. The first-order valence-electron chi connectivity index (χ1n) is 8.88. The predicted octanol–water partition coefficient (Wildman–Crippen LogP) is 5.19. The highest BCUT2D eigenvalue weighted by Crippen LogP contribution is 2.30. The maximum absolute atomic E-state index is 13.1. The van der Waals surface area contributed by atoms with Gasteiger partial charge in [-0.15, -0.1) is 0 Å². The van der Waals surface area contributed by atoms with Crippen LogP contribution in [0.4, 0.5) is 24.5 Å². The molecule has 162 valence electrons. The number of hydrogen-bond acceptors (Lipinski definition) is 3. The highest BCUT2D eigenvalue weighted by atomic mass is 35.5. The lowest BCUT2D eigenvalue weighted by Crippen LogP contribution is -2.38. The van der Waals surface area contributed by atoms with Gasteiger partial charge in [0.2, 0.25) is 5.91 Å². The van der Waals surface area contributed by atoms with Crippen molar-refractivity contribution in [3.63, 3.8) is 0 Å². The first-order valence-corrected chi connectivity index (χ1v) is 10.7. The second-order valence-corrected chi connectivity index (χ2v) is 8.72. The van der Waals surface area contributed by atoms with E-state index in [9.17, 15) is 26.4 Å². The van der Waals surface area contributed by atoms with Gasteiger partial charge in [0.05, 0.1) is 16.1 Å². The maximum atomic E-state index is 13.1. The third kappa shape index (κ3) is 5.56. The molecule has 5 nitrogen and oxygen atoms in total. The van der Waals surface area contributed by atoms with E-state index in [0.29, 0.717) is 5.02 Å². The molecule has 0 saturated heterocycles. The van der Waals surface area contributed by atoms with Crippen LogP contribution >= 0.6 is 11.6 Å². The SMILES string of the molecule is O=C(CN(c1ccc(Cl)cc1)S(=O)(=O)c1ccccc1)Nc1ccc(C(F)(F)F)cc1. The molecule has 0 saturated carbocycles. The highest BCUT2D eigenvalue weighted by molar-refractivity contribution is 7.92. The summed E-state index contributed by atoms with van der Waals surface area (Å²) < 4.78 is 65.3. The molecular weight excluding hydrogens is 453 g/mol. The summed E-state index contributed by atoms with van der Waals surface area (Å²) in [7, 11) is -4.10. The van der Waals surface area contributed by atoms with Crippen molar-refractivity contribution in [2.75, 3.05) is 16.2 Å². The Morgan fingerprint density at radius 3 is 2.03 bits per heavy atom.